The first-order valence-corrected chi connectivity index (χ1v) is 11.9. The van der Waals surface area contributed by atoms with Crippen LogP contribution in [0.1, 0.15) is 62.3 Å². The molecule has 2 radical (unpaired) electrons. The van der Waals surface area contributed by atoms with E-state index in [-0.39, 0.29) is 0 Å². The summed E-state index contributed by atoms with van der Waals surface area (Å²) in [4.78, 5) is 4.42. The van der Waals surface area contributed by atoms with Gasteiger partial charge in [0.1, 0.15) is 6.73 Å². The molecule has 1 saturated carbocycles. The van der Waals surface area contributed by atoms with Gasteiger partial charge in [-0.3, -0.25) is 0 Å². The molecular formula is C28H38N2O. The number of hydrogen-bond acceptors (Lipinski definition) is 3. The Morgan fingerprint density at radius 1 is 1.00 bits per heavy atom. The topological polar surface area (TPSA) is 15.7 Å². The van der Waals surface area contributed by atoms with Crippen molar-refractivity contribution in [1.29, 1.82) is 0 Å². The summed E-state index contributed by atoms with van der Waals surface area (Å²) in [6.45, 7) is 18.7. The lowest BCUT2D eigenvalue weighted by molar-refractivity contribution is -0.0250. The van der Waals surface area contributed by atoms with Crippen molar-refractivity contribution in [1.82, 2.24) is 0 Å². The van der Waals surface area contributed by atoms with E-state index in [1.54, 1.807) is 0 Å². The number of hydrogen-bond donors (Lipinski definition) is 0. The Morgan fingerprint density at radius 3 is 2.29 bits per heavy atom. The Morgan fingerprint density at radius 2 is 1.65 bits per heavy atom. The van der Waals surface area contributed by atoms with Gasteiger partial charge in [0, 0.05) is 6.54 Å². The zero-order valence-corrected chi connectivity index (χ0v) is 20.1. The molecule has 3 heteroatoms. The van der Waals surface area contributed by atoms with Crippen molar-refractivity contribution in [3.63, 3.8) is 0 Å². The highest BCUT2D eigenvalue weighted by atomic mass is 16.5. The molecule has 2 aromatic carbocycles. The van der Waals surface area contributed by atoms with Crippen molar-refractivity contribution in [2.45, 2.75) is 73.5 Å². The number of benzene rings is 2. The van der Waals surface area contributed by atoms with Crippen LogP contribution in [0.4, 0.5) is 11.4 Å². The molecule has 1 fully saturated rings. The van der Waals surface area contributed by atoms with Gasteiger partial charge >= 0.3 is 0 Å². The second-order valence-electron chi connectivity index (χ2n) is 10.1. The van der Waals surface area contributed by atoms with Gasteiger partial charge in [0.15, 0.2) is 0 Å². The van der Waals surface area contributed by atoms with Crippen LogP contribution >= 0.6 is 0 Å². The van der Waals surface area contributed by atoms with Gasteiger partial charge in [0.05, 0.1) is 17.5 Å². The maximum Gasteiger partial charge on any atom is 0.211 e. The van der Waals surface area contributed by atoms with Crippen LogP contribution in [0.2, 0.25) is 0 Å². The Bertz CT molecular complexity index is 883. The Labute approximate surface area is 189 Å². The molecule has 0 aromatic heterocycles. The molecule has 0 N–H and O–H groups in total. The molecule has 3 atom stereocenters. The third kappa shape index (κ3) is 4.77. The fourth-order valence-electron chi connectivity index (χ4n) is 5.33. The summed E-state index contributed by atoms with van der Waals surface area (Å²) < 4.78 is 6.51. The zero-order valence-electron chi connectivity index (χ0n) is 20.1. The third-order valence-corrected chi connectivity index (χ3v) is 7.38. The Balaban J connectivity index is 1.47. The number of ether oxygens (including phenoxy) is 1. The quantitative estimate of drug-likeness (QED) is 0.509. The maximum atomic E-state index is 6.51. The van der Waals surface area contributed by atoms with E-state index in [0.717, 1.165) is 18.4 Å². The number of anilines is 2. The summed E-state index contributed by atoms with van der Waals surface area (Å²) in [5.74, 6) is 2.14. The van der Waals surface area contributed by atoms with E-state index >= 15 is 0 Å². The molecule has 0 saturated heterocycles. The molecular weight excluding hydrogens is 380 g/mol. The monoisotopic (exact) mass is 418 g/mol. The van der Waals surface area contributed by atoms with E-state index < -0.39 is 0 Å². The first-order valence-electron chi connectivity index (χ1n) is 11.9. The molecule has 166 valence electrons. The Kier molecular flexibility index (Phi) is 6.62. The third-order valence-electron chi connectivity index (χ3n) is 7.38. The maximum absolute atomic E-state index is 6.51. The number of para-hydroxylation sites is 2. The normalized spacial score (nSPS) is 23.5. The second kappa shape index (κ2) is 9.24. The van der Waals surface area contributed by atoms with Gasteiger partial charge in [-0.25, -0.2) is 0 Å². The average Bonchev–Trinajstić information content (AvgIpc) is 3.07. The minimum absolute atomic E-state index is 0.339. The second-order valence-corrected chi connectivity index (χ2v) is 10.1. The van der Waals surface area contributed by atoms with E-state index in [9.17, 15) is 0 Å². The van der Waals surface area contributed by atoms with Crippen LogP contribution in [-0.4, -0.2) is 12.8 Å². The van der Waals surface area contributed by atoms with Gasteiger partial charge in [-0.05, 0) is 86.6 Å². The van der Waals surface area contributed by atoms with Crippen LogP contribution in [0.3, 0.4) is 0 Å². The standard InChI is InChI=1S/C28H38N2O/c1-19(2)24-12-11-21(4)28(15-24)31-18-30-17-29(26-9-7-8-10-27(26)30)16-25-22(5)13-20(3)14-23(25)6/h7-10,13-14,19,21,24,28H,11-12,15-16,18H2,1-6H3/t21-,24+,28-/m0/s1. The van der Waals surface area contributed by atoms with Gasteiger partial charge in [0.25, 0.3) is 0 Å². The molecule has 1 aliphatic carbocycles. The highest BCUT2D eigenvalue weighted by molar-refractivity contribution is 5.78. The number of fused-ring (bicyclic) bond motifs is 1. The molecule has 0 bridgehead atoms. The zero-order chi connectivity index (χ0) is 22.1. The fourth-order valence-corrected chi connectivity index (χ4v) is 5.33. The summed E-state index contributed by atoms with van der Waals surface area (Å²) >= 11 is 0. The molecule has 4 rings (SSSR count). The average molecular weight is 419 g/mol. The fraction of sp³-hybridized carbons (Fsp3) is 0.536. The van der Waals surface area contributed by atoms with E-state index in [1.165, 1.54) is 52.9 Å². The first-order chi connectivity index (χ1) is 14.8. The summed E-state index contributed by atoms with van der Waals surface area (Å²) in [5.41, 5.74) is 7.81. The van der Waals surface area contributed by atoms with Crippen molar-refractivity contribution < 1.29 is 4.74 Å². The van der Waals surface area contributed by atoms with E-state index in [4.69, 9.17) is 4.74 Å². The molecule has 0 spiro atoms. The molecule has 2 aromatic rings. The van der Waals surface area contributed by atoms with E-state index in [1.807, 2.05) is 0 Å². The largest absolute Gasteiger partial charge is 0.358 e. The van der Waals surface area contributed by atoms with Crippen molar-refractivity contribution >= 4 is 11.4 Å². The van der Waals surface area contributed by atoms with Crippen molar-refractivity contribution in [2.75, 3.05) is 16.5 Å². The lowest BCUT2D eigenvalue weighted by Gasteiger charge is -2.37. The molecule has 31 heavy (non-hydrogen) atoms. The molecule has 0 unspecified atom stereocenters. The highest BCUT2D eigenvalue weighted by Gasteiger charge is 2.32. The minimum Gasteiger partial charge on any atom is -0.358 e. The first kappa shape index (κ1) is 22.2. The van der Waals surface area contributed by atoms with Gasteiger partial charge in [-0.15, -0.1) is 0 Å². The highest BCUT2D eigenvalue weighted by Crippen LogP contribution is 2.40. The van der Waals surface area contributed by atoms with Crippen LogP contribution < -0.4 is 9.80 Å². The molecule has 2 aliphatic rings. The van der Waals surface area contributed by atoms with Gasteiger partial charge in [0.2, 0.25) is 6.67 Å². The molecule has 1 aliphatic heterocycles. The number of aryl methyl sites for hydroxylation is 3. The summed E-state index contributed by atoms with van der Waals surface area (Å²) in [7, 11) is 0. The number of rotatable bonds is 6. The lowest BCUT2D eigenvalue weighted by atomic mass is 9.76. The smallest absolute Gasteiger partial charge is 0.211 e. The summed E-state index contributed by atoms with van der Waals surface area (Å²) in [6, 6.07) is 13.2. The predicted molar refractivity (Wildman–Crippen MR) is 130 cm³/mol. The van der Waals surface area contributed by atoms with Crippen LogP contribution in [0.5, 0.6) is 0 Å². The number of nitrogens with zero attached hydrogens (tertiary/aromatic N) is 2. The lowest BCUT2D eigenvalue weighted by Crippen LogP contribution is -2.36. The predicted octanol–water partition coefficient (Wildman–Crippen LogP) is 6.87. The SMILES string of the molecule is Cc1cc(C)c(CN2[C]N(CO[C@H]3C[C@H](C(C)C)CC[C@@H]3C)c3ccccc32)c(C)c1. The van der Waals surface area contributed by atoms with Gasteiger partial charge in [-0.2, -0.15) is 0 Å². The van der Waals surface area contributed by atoms with Gasteiger partial charge in [-0.1, -0.05) is 50.6 Å². The Hall–Kier alpha value is -2.00. The van der Waals surface area contributed by atoms with Crippen molar-refractivity contribution in [3.05, 3.63) is 65.3 Å². The van der Waals surface area contributed by atoms with Crippen LogP contribution in [0, 0.1) is 45.2 Å². The van der Waals surface area contributed by atoms with E-state index in [2.05, 4.69) is 94.4 Å². The summed E-state index contributed by atoms with van der Waals surface area (Å²) in [6.07, 6.45) is 4.13. The van der Waals surface area contributed by atoms with Gasteiger partial charge < -0.3 is 14.5 Å². The van der Waals surface area contributed by atoms with Crippen molar-refractivity contribution in [3.8, 4) is 0 Å². The molecule has 0 amide bonds. The van der Waals surface area contributed by atoms with Crippen LogP contribution in [-0.2, 0) is 11.3 Å². The van der Waals surface area contributed by atoms with E-state index in [0.29, 0.717) is 18.8 Å². The summed E-state index contributed by atoms with van der Waals surface area (Å²) in [5, 5.41) is 0. The minimum atomic E-state index is 0.339. The van der Waals surface area contributed by atoms with Crippen LogP contribution in [0.15, 0.2) is 36.4 Å². The molecule has 3 nitrogen and oxygen atoms in total. The molecule has 1 heterocycles. The van der Waals surface area contributed by atoms with Crippen molar-refractivity contribution in [2.24, 2.45) is 17.8 Å². The van der Waals surface area contributed by atoms with Crippen LogP contribution in [0.25, 0.3) is 0 Å².